The minimum absolute atomic E-state index is 0.0497. The summed E-state index contributed by atoms with van der Waals surface area (Å²) in [5.41, 5.74) is -1.09. The van der Waals surface area contributed by atoms with Gasteiger partial charge in [-0.05, 0) is 25.5 Å². The Kier molecular flexibility index (Phi) is 5.49. The van der Waals surface area contributed by atoms with Crippen LogP contribution < -0.4 is 10.6 Å². The summed E-state index contributed by atoms with van der Waals surface area (Å²) in [5.74, 6) is -1.08. The SMILES string of the molecule is CCCC(C)(NC(=O)Nc1ccccc1F)C(=O)OC. The monoisotopic (exact) mass is 282 g/mol. The third kappa shape index (κ3) is 3.94. The fourth-order valence-corrected chi connectivity index (χ4v) is 1.91. The van der Waals surface area contributed by atoms with Crippen LogP contribution in [0.2, 0.25) is 0 Å². The number of carbonyl (C=O) groups is 2. The van der Waals surface area contributed by atoms with Gasteiger partial charge in [0.2, 0.25) is 0 Å². The number of anilines is 1. The molecule has 20 heavy (non-hydrogen) atoms. The second-order valence-electron chi connectivity index (χ2n) is 4.63. The molecule has 0 aromatic heterocycles. The molecular weight excluding hydrogens is 263 g/mol. The molecule has 0 heterocycles. The average Bonchev–Trinajstić information content (AvgIpc) is 2.40. The van der Waals surface area contributed by atoms with Crippen LogP contribution in [-0.4, -0.2) is 24.6 Å². The summed E-state index contributed by atoms with van der Waals surface area (Å²) in [5, 5.41) is 4.90. The van der Waals surface area contributed by atoms with E-state index >= 15 is 0 Å². The van der Waals surface area contributed by atoms with Crippen molar-refractivity contribution in [2.75, 3.05) is 12.4 Å². The number of hydrogen-bond donors (Lipinski definition) is 2. The quantitative estimate of drug-likeness (QED) is 0.816. The molecule has 2 N–H and O–H groups in total. The van der Waals surface area contributed by atoms with E-state index in [0.29, 0.717) is 12.8 Å². The molecule has 1 aromatic carbocycles. The number of nitrogens with one attached hydrogen (secondary N) is 2. The Labute approximate surface area is 117 Å². The highest BCUT2D eigenvalue weighted by atomic mass is 19.1. The van der Waals surface area contributed by atoms with Gasteiger partial charge in [-0.2, -0.15) is 0 Å². The molecule has 5 nitrogen and oxygen atoms in total. The predicted molar refractivity (Wildman–Crippen MR) is 73.9 cm³/mol. The van der Waals surface area contributed by atoms with E-state index in [1.54, 1.807) is 13.0 Å². The van der Waals surface area contributed by atoms with E-state index in [-0.39, 0.29) is 5.69 Å². The molecule has 0 saturated heterocycles. The molecule has 1 unspecified atom stereocenters. The maximum absolute atomic E-state index is 13.4. The first-order valence-corrected chi connectivity index (χ1v) is 6.35. The second-order valence-corrected chi connectivity index (χ2v) is 4.63. The van der Waals surface area contributed by atoms with Crippen LogP contribution in [0.4, 0.5) is 14.9 Å². The molecule has 1 rings (SSSR count). The normalized spacial score (nSPS) is 13.2. The van der Waals surface area contributed by atoms with Crippen molar-refractivity contribution >= 4 is 17.7 Å². The van der Waals surface area contributed by atoms with Crippen LogP contribution in [0.1, 0.15) is 26.7 Å². The number of urea groups is 1. The van der Waals surface area contributed by atoms with E-state index in [1.165, 1.54) is 25.3 Å². The molecule has 110 valence electrons. The molecule has 6 heteroatoms. The molecule has 0 aliphatic carbocycles. The highest BCUT2D eigenvalue weighted by Gasteiger charge is 2.35. The zero-order valence-corrected chi connectivity index (χ0v) is 11.8. The molecule has 0 fully saturated rings. The summed E-state index contributed by atoms with van der Waals surface area (Å²) in [6, 6.07) is 5.14. The minimum atomic E-state index is -1.14. The number of ether oxygens (including phenoxy) is 1. The van der Waals surface area contributed by atoms with Crippen LogP contribution in [0.5, 0.6) is 0 Å². The molecular formula is C14H19FN2O3. The van der Waals surface area contributed by atoms with Crippen molar-refractivity contribution in [1.29, 1.82) is 0 Å². The van der Waals surface area contributed by atoms with Gasteiger partial charge >= 0.3 is 12.0 Å². The zero-order chi connectivity index (χ0) is 15.2. The lowest BCUT2D eigenvalue weighted by Crippen LogP contribution is -2.54. The molecule has 1 aromatic rings. The molecule has 0 saturated carbocycles. The van der Waals surface area contributed by atoms with Crippen molar-refractivity contribution in [2.24, 2.45) is 0 Å². The third-order valence-electron chi connectivity index (χ3n) is 2.90. The van der Waals surface area contributed by atoms with Crippen LogP contribution in [0.3, 0.4) is 0 Å². The van der Waals surface area contributed by atoms with Gasteiger partial charge in [-0.1, -0.05) is 25.5 Å². The first-order chi connectivity index (χ1) is 9.42. The molecule has 0 spiro atoms. The van der Waals surface area contributed by atoms with Crippen molar-refractivity contribution in [3.63, 3.8) is 0 Å². The van der Waals surface area contributed by atoms with Gasteiger partial charge in [-0.3, -0.25) is 0 Å². The van der Waals surface area contributed by atoms with Gasteiger partial charge in [0.25, 0.3) is 0 Å². The summed E-state index contributed by atoms with van der Waals surface area (Å²) in [6.07, 6.45) is 1.11. The van der Waals surface area contributed by atoms with Crippen LogP contribution in [0.25, 0.3) is 0 Å². The molecule has 0 aliphatic heterocycles. The number of carbonyl (C=O) groups excluding carboxylic acids is 2. The third-order valence-corrected chi connectivity index (χ3v) is 2.90. The number of esters is 1. The lowest BCUT2D eigenvalue weighted by atomic mass is 9.96. The first-order valence-electron chi connectivity index (χ1n) is 6.35. The Balaban J connectivity index is 2.77. The lowest BCUT2D eigenvalue weighted by Gasteiger charge is -2.27. The predicted octanol–water partition coefficient (Wildman–Crippen LogP) is 2.68. The summed E-state index contributed by atoms with van der Waals surface area (Å²) in [4.78, 5) is 23.6. The highest BCUT2D eigenvalue weighted by Crippen LogP contribution is 2.16. The number of methoxy groups -OCH3 is 1. The van der Waals surface area contributed by atoms with Gasteiger partial charge in [-0.15, -0.1) is 0 Å². The molecule has 1 atom stereocenters. The van der Waals surface area contributed by atoms with Gasteiger partial charge in [-0.25, -0.2) is 14.0 Å². The number of para-hydroxylation sites is 1. The van der Waals surface area contributed by atoms with Crippen molar-refractivity contribution in [2.45, 2.75) is 32.2 Å². The molecule has 0 radical (unpaired) electrons. The maximum atomic E-state index is 13.4. The average molecular weight is 282 g/mol. The summed E-state index contributed by atoms with van der Waals surface area (Å²) in [7, 11) is 1.26. The summed E-state index contributed by atoms with van der Waals surface area (Å²) >= 11 is 0. The van der Waals surface area contributed by atoms with Crippen molar-refractivity contribution < 1.29 is 18.7 Å². The van der Waals surface area contributed by atoms with E-state index in [9.17, 15) is 14.0 Å². The van der Waals surface area contributed by atoms with Gasteiger partial charge in [0.15, 0.2) is 0 Å². The van der Waals surface area contributed by atoms with Crippen LogP contribution in [0.15, 0.2) is 24.3 Å². The first kappa shape index (κ1) is 15.9. The van der Waals surface area contributed by atoms with Crippen LogP contribution in [0, 0.1) is 5.82 Å². The van der Waals surface area contributed by atoms with Gasteiger partial charge in [0.05, 0.1) is 12.8 Å². The number of hydrogen-bond acceptors (Lipinski definition) is 3. The van der Waals surface area contributed by atoms with E-state index in [4.69, 9.17) is 0 Å². The van der Waals surface area contributed by atoms with Crippen molar-refractivity contribution in [3.8, 4) is 0 Å². The minimum Gasteiger partial charge on any atom is -0.467 e. The highest BCUT2D eigenvalue weighted by molar-refractivity contribution is 5.94. The summed E-state index contributed by atoms with van der Waals surface area (Å²) in [6.45, 7) is 3.46. The Morgan fingerprint density at radius 2 is 2.00 bits per heavy atom. The summed E-state index contributed by atoms with van der Waals surface area (Å²) < 4.78 is 18.1. The number of rotatable bonds is 5. The topological polar surface area (TPSA) is 67.4 Å². The molecule has 0 aliphatic rings. The molecule has 0 bridgehead atoms. The van der Waals surface area contributed by atoms with Gasteiger partial charge in [0.1, 0.15) is 11.4 Å². The number of halogens is 1. The smallest absolute Gasteiger partial charge is 0.331 e. The maximum Gasteiger partial charge on any atom is 0.331 e. The fourth-order valence-electron chi connectivity index (χ4n) is 1.91. The van der Waals surface area contributed by atoms with Gasteiger partial charge in [0, 0.05) is 0 Å². The van der Waals surface area contributed by atoms with Crippen molar-refractivity contribution in [3.05, 3.63) is 30.1 Å². The van der Waals surface area contributed by atoms with Gasteiger partial charge < -0.3 is 15.4 Å². The van der Waals surface area contributed by atoms with Crippen LogP contribution in [-0.2, 0) is 9.53 Å². The second kappa shape index (κ2) is 6.88. The Morgan fingerprint density at radius 3 is 2.55 bits per heavy atom. The van der Waals surface area contributed by atoms with Crippen LogP contribution >= 0.6 is 0 Å². The number of amides is 2. The fraction of sp³-hybridized carbons (Fsp3) is 0.429. The van der Waals surface area contributed by atoms with E-state index < -0.39 is 23.4 Å². The zero-order valence-electron chi connectivity index (χ0n) is 11.8. The Hall–Kier alpha value is -2.11. The Bertz CT molecular complexity index is 493. The standard InChI is InChI=1S/C14H19FN2O3/c1-4-9-14(2,12(18)20-3)17-13(19)16-11-8-6-5-7-10(11)15/h5-8H,4,9H2,1-3H3,(H2,16,17,19). The number of benzene rings is 1. The van der Waals surface area contributed by atoms with E-state index in [0.717, 1.165) is 0 Å². The molecule has 2 amide bonds. The largest absolute Gasteiger partial charge is 0.467 e. The Morgan fingerprint density at radius 1 is 1.35 bits per heavy atom. The lowest BCUT2D eigenvalue weighted by molar-refractivity contribution is -0.147. The van der Waals surface area contributed by atoms with E-state index in [2.05, 4.69) is 15.4 Å². The van der Waals surface area contributed by atoms with E-state index in [1.807, 2.05) is 6.92 Å². The van der Waals surface area contributed by atoms with Crippen molar-refractivity contribution in [1.82, 2.24) is 5.32 Å².